The molecule has 0 bridgehead atoms. The highest BCUT2D eigenvalue weighted by molar-refractivity contribution is 5.73. The van der Waals surface area contributed by atoms with Crippen LogP contribution in [0.15, 0.2) is 54.7 Å². The van der Waals surface area contributed by atoms with Crippen molar-refractivity contribution < 1.29 is 14.2 Å². The van der Waals surface area contributed by atoms with Crippen molar-refractivity contribution in [1.29, 1.82) is 0 Å². The standard InChI is InChI=1S/C23H24N2O3/c1-26-20-11-16(12-21(27-2)22(20)28-3)17-10-19-18(14-25-23(19)24-13-17)9-15-7-5-4-6-8-15/h4-8,10-13,18H,9,14H2,1-3H3,(H,24,25). The second-order valence-electron chi connectivity index (χ2n) is 6.84. The molecule has 0 saturated heterocycles. The lowest BCUT2D eigenvalue weighted by atomic mass is 9.93. The van der Waals surface area contributed by atoms with E-state index in [1.165, 1.54) is 11.1 Å². The number of methoxy groups -OCH3 is 3. The molecule has 1 aromatic heterocycles. The number of fused-ring (bicyclic) bond motifs is 1. The Bertz CT molecular complexity index is 948. The van der Waals surface area contributed by atoms with E-state index in [2.05, 4.69) is 46.7 Å². The fourth-order valence-corrected chi connectivity index (χ4v) is 3.76. The molecule has 0 aliphatic carbocycles. The minimum absolute atomic E-state index is 0.395. The van der Waals surface area contributed by atoms with Crippen LogP contribution in [0.2, 0.25) is 0 Å². The van der Waals surface area contributed by atoms with E-state index in [-0.39, 0.29) is 0 Å². The van der Waals surface area contributed by atoms with E-state index in [1.54, 1.807) is 21.3 Å². The van der Waals surface area contributed by atoms with Gasteiger partial charge in [0.1, 0.15) is 5.82 Å². The maximum Gasteiger partial charge on any atom is 0.203 e. The van der Waals surface area contributed by atoms with Crippen molar-refractivity contribution in [2.45, 2.75) is 12.3 Å². The molecule has 5 heteroatoms. The summed E-state index contributed by atoms with van der Waals surface area (Å²) in [6, 6.07) is 16.7. The molecule has 1 atom stereocenters. The van der Waals surface area contributed by atoms with Crippen molar-refractivity contribution in [3.63, 3.8) is 0 Å². The van der Waals surface area contributed by atoms with Crippen LogP contribution in [-0.4, -0.2) is 32.9 Å². The van der Waals surface area contributed by atoms with Gasteiger partial charge in [0.25, 0.3) is 0 Å². The number of hydrogen-bond acceptors (Lipinski definition) is 5. The van der Waals surface area contributed by atoms with Crippen molar-refractivity contribution in [3.8, 4) is 28.4 Å². The minimum Gasteiger partial charge on any atom is -0.493 e. The van der Waals surface area contributed by atoms with E-state index in [9.17, 15) is 0 Å². The Morgan fingerprint density at radius 1 is 0.929 bits per heavy atom. The molecule has 2 aromatic carbocycles. The quantitative estimate of drug-likeness (QED) is 0.685. The normalized spacial score (nSPS) is 14.9. The molecule has 0 spiro atoms. The van der Waals surface area contributed by atoms with Gasteiger partial charge in [0, 0.05) is 29.8 Å². The van der Waals surface area contributed by atoms with Gasteiger partial charge >= 0.3 is 0 Å². The Kier molecular flexibility index (Phi) is 5.06. The molecule has 1 N–H and O–H groups in total. The van der Waals surface area contributed by atoms with Gasteiger partial charge in [-0.1, -0.05) is 30.3 Å². The summed E-state index contributed by atoms with van der Waals surface area (Å²) in [4.78, 5) is 4.66. The smallest absolute Gasteiger partial charge is 0.203 e. The van der Waals surface area contributed by atoms with Crippen LogP contribution in [0.3, 0.4) is 0 Å². The lowest BCUT2D eigenvalue weighted by Gasteiger charge is -2.15. The van der Waals surface area contributed by atoms with Crippen LogP contribution >= 0.6 is 0 Å². The molecule has 3 aromatic rings. The zero-order valence-electron chi connectivity index (χ0n) is 16.4. The van der Waals surface area contributed by atoms with Gasteiger partial charge in [-0.25, -0.2) is 4.98 Å². The molecule has 0 saturated carbocycles. The van der Waals surface area contributed by atoms with E-state index >= 15 is 0 Å². The van der Waals surface area contributed by atoms with E-state index < -0.39 is 0 Å². The SMILES string of the molecule is COc1cc(-c2cnc3c(c2)C(Cc2ccccc2)CN3)cc(OC)c1OC. The Morgan fingerprint density at radius 3 is 2.29 bits per heavy atom. The summed E-state index contributed by atoms with van der Waals surface area (Å²) in [6.45, 7) is 0.899. The summed E-state index contributed by atoms with van der Waals surface area (Å²) in [5.74, 6) is 3.23. The van der Waals surface area contributed by atoms with Gasteiger partial charge in [-0.15, -0.1) is 0 Å². The van der Waals surface area contributed by atoms with Crippen molar-refractivity contribution in [3.05, 3.63) is 65.9 Å². The number of anilines is 1. The first kappa shape index (κ1) is 18.2. The number of hydrogen-bond donors (Lipinski definition) is 1. The first-order chi connectivity index (χ1) is 13.7. The van der Waals surface area contributed by atoms with Crippen LogP contribution in [0.1, 0.15) is 17.0 Å². The Labute approximate surface area is 165 Å². The lowest BCUT2D eigenvalue weighted by molar-refractivity contribution is 0.324. The zero-order valence-corrected chi connectivity index (χ0v) is 16.4. The molecule has 0 radical (unpaired) electrons. The number of pyridine rings is 1. The fourth-order valence-electron chi connectivity index (χ4n) is 3.76. The van der Waals surface area contributed by atoms with Crippen LogP contribution in [0.25, 0.3) is 11.1 Å². The molecular weight excluding hydrogens is 352 g/mol. The molecule has 28 heavy (non-hydrogen) atoms. The highest BCUT2D eigenvalue weighted by Crippen LogP contribution is 2.42. The molecule has 1 aliphatic heterocycles. The molecule has 1 unspecified atom stereocenters. The molecular formula is C23H24N2O3. The first-order valence-electron chi connectivity index (χ1n) is 9.31. The van der Waals surface area contributed by atoms with Crippen molar-refractivity contribution >= 4 is 5.82 Å². The highest BCUT2D eigenvalue weighted by atomic mass is 16.5. The van der Waals surface area contributed by atoms with Gasteiger partial charge in [0.2, 0.25) is 5.75 Å². The largest absolute Gasteiger partial charge is 0.493 e. The molecule has 4 rings (SSSR count). The van der Waals surface area contributed by atoms with Crippen molar-refractivity contribution in [2.24, 2.45) is 0 Å². The highest BCUT2D eigenvalue weighted by Gasteiger charge is 2.24. The third-order valence-corrected chi connectivity index (χ3v) is 5.20. The number of nitrogens with one attached hydrogen (secondary N) is 1. The fraction of sp³-hybridized carbons (Fsp3) is 0.261. The Hall–Kier alpha value is -3.21. The Morgan fingerprint density at radius 2 is 1.64 bits per heavy atom. The topological polar surface area (TPSA) is 52.6 Å². The number of rotatable bonds is 6. The van der Waals surface area contributed by atoms with E-state index in [1.807, 2.05) is 18.3 Å². The summed E-state index contributed by atoms with van der Waals surface area (Å²) in [7, 11) is 4.86. The molecule has 144 valence electrons. The van der Waals surface area contributed by atoms with Crippen LogP contribution in [0.5, 0.6) is 17.2 Å². The average molecular weight is 376 g/mol. The average Bonchev–Trinajstić information content (AvgIpc) is 3.15. The number of benzene rings is 2. The predicted molar refractivity (Wildman–Crippen MR) is 111 cm³/mol. The second-order valence-corrected chi connectivity index (χ2v) is 6.84. The Balaban J connectivity index is 1.70. The maximum atomic E-state index is 5.50. The van der Waals surface area contributed by atoms with Crippen molar-refractivity contribution in [2.75, 3.05) is 33.2 Å². The van der Waals surface area contributed by atoms with E-state index in [0.29, 0.717) is 23.2 Å². The summed E-state index contributed by atoms with van der Waals surface area (Å²) in [5, 5.41) is 3.43. The van der Waals surface area contributed by atoms with Gasteiger partial charge in [-0.05, 0) is 35.7 Å². The first-order valence-corrected chi connectivity index (χ1v) is 9.31. The lowest BCUT2D eigenvalue weighted by Crippen LogP contribution is -2.05. The number of ether oxygens (including phenoxy) is 3. The van der Waals surface area contributed by atoms with Gasteiger partial charge in [0.15, 0.2) is 11.5 Å². The monoisotopic (exact) mass is 376 g/mol. The predicted octanol–water partition coefficient (Wildman–Crippen LogP) is 4.53. The van der Waals surface area contributed by atoms with E-state index in [4.69, 9.17) is 14.2 Å². The van der Waals surface area contributed by atoms with Crippen LogP contribution in [-0.2, 0) is 6.42 Å². The molecule has 5 nitrogen and oxygen atoms in total. The number of aromatic nitrogens is 1. The summed E-state index contributed by atoms with van der Waals surface area (Å²) in [5.41, 5.74) is 4.59. The molecule has 0 amide bonds. The van der Waals surface area contributed by atoms with Gasteiger partial charge in [-0.3, -0.25) is 0 Å². The third kappa shape index (κ3) is 3.36. The van der Waals surface area contributed by atoms with Crippen molar-refractivity contribution in [1.82, 2.24) is 4.98 Å². The third-order valence-electron chi connectivity index (χ3n) is 5.20. The second kappa shape index (κ2) is 7.80. The molecule has 1 aliphatic rings. The summed E-state index contributed by atoms with van der Waals surface area (Å²) < 4.78 is 16.4. The van der Waals surface area contributed by atoms with Crippen LogP contribution in [0.4, 0.5) is 5.82 Å². The zero-order chi connectivity index (χ0) is 19.5. The van der Waals surface area contributed by atoms with Crippen LogP contribution < -0.4 is 19.5 Å². The summed E-state index contributed by atoms with van der Waals surface area (Å²) >= 11 is 0. The minimum atomic E-state index is 0.395. The maximum absolute atomic E-state index is 5.50. The van der Waals surface area contributed by atoms with Gasteiger partial charge in [-0.2, -0.15) is 0 Å². The van der Waals surface area contributed by atoms with E-state index in [0.717, 1.165) is 29.9 Å². The number of nitrogens with zero attached hydrogens (tertiary/aromatic N) is 1. The molecule has 0 fully saturated rings. The van der Waals surface area contributed by atoms with Crippen LogP contribution in [0, 0.1) is 0 Å². The van der Waals surface area contributed by atoms with Gasteiger partial charge in [0.05, 0.1) is 21.3 Å². The molecule has 2 heterocycles. The summed E-state index contributed by atoms with van der Waals surface area (Å²) in [6.07, 6.45) is 2.87. The van der Waals surface area contributed by atoms with Gasteiger partial charge < -0.3 is 19.5 Å².